The molecule has 0 bridgehead atoms. The van der Waals surface area contributed by atoms with E-state index in [1.807, 2.05) is 0 Å². The van der Waals surface area contributed by atoms with E-state index >= 15 is 0 Å². The minimum atomic E-state index is -0.953. The summed E-state index contributed by atoms with van der Waals surface area (Å²) in [4.78, 5) is 22.8. The molecule has 0 saturated heterocycles. The Morgan fingerprint density at radius 2 is 2.17 bits per heavy atom. The molecule has 0 fully saturated rings. The number of hydrogen-bond donors (Lipinski definition) is 2. The van der Waals surface area contributed by atoms with Gasteiger partial charge in [-0.2, -0.15) is 0 Å². The number of hydrogen-bond acceptors (Lipinski definition) is 4. The minimum Gasteiger partial charge on any atom is -0.507 e. The summed E-state index contributed by atoms with van der Waals surface area (Å²) >= 11 is 5.68. The number of ether oxygens (including phenoxy) is 1. The first-order chi connectivity index (χ1) is 8.45. The number of phenols is 1. The van der Waals surface area contributed by atoms with E-state index in [1.165, 1.54) is 13.2 Å². The van der Waals surface area contributed by atoms with E-state index in [4.69, 9.17) is 11.6 Å². The number of carbonyl (C=O) groups is 2. The highest BCUT2D eigenvalue weighted by atomic mass is 35.5. The van der Waals surface area contributed by atoms with Crippen molar-refractivity contribution in [3.63, 3.8) is 0 Å². The van der Waals surface area contributed by atoms with Gasteiger partial charge in [0.05, 0.1) is 12.7 Å². The fraction of sp³-hybridized carbons (Fsp3) is 0.333. The lowest BCUT2D eigenvalue weighted by Crippen LogP contribution is -2.34. The van der Waals surface area contributed by atoms with Crippen LogP contribution < -0.4 is 5.32 Å². The summed E-state index contributed by atoms with van der Waals surface area (Å²) < 4.78 is 4.42. The predicted molar refractivity (Wildman–Crippen MR) is 66.8 cm³/mol. The number of nitrogens with one attached hydrogen (secondary N) is 1. The number of alkyl halides is 1. The molecule has 0 radical (unpaired) electrons. The summed E-state index contributed by atoms with van der Waals surface area (Å²) in [6, 6.07) is 4.67. The van der Waals surface area contributed by atoms with Crippen molar-refractivity contribution in [2.24, 2.45) is 0 Å². The smallest absolute Gasteiger partial charge is 0.325 e. The van der Waals surface area contributed by atoms with E-state index < -0.39 is 17.3 Å². The average molecular weight is 272 g/mol. The van der Waals surface area contributed by atoms with Gasteiger partial charge in [-0.15, -0.1) is 11.6 Å². The lowest BCUT2D eigenvalue weighted by Gasteiger charge is -2.10. The molecular weight excluding hydrogens is 258 g/mol. The number of aromatic hydroxyl groups is 1. The number of halogens is 1. The zero-order chi connectivity index (χ0) is 13.7. The molecule has 1 rings (SSSR count). The first kappa shape index (κ1) is 14.3. The van der Waals surface area contributed by atoms with Crippen LogP contribution in [0.3, 0.4) is 0 Å². The molecule has 0 aromatic heterocycles. The Hall–Kier alpha value is -1.75. The van der Waals surface area contributed by atoms with Gasteiger partial charge in [0.25, 0.3) is 5.91 Å². The van der Waals surface area contributed by atoms with Crippen molar-refractivity contribution in [3.8, 4) is 5.75 Å². The van der Waals surface area contributed by atoms with Gasteiger partial charge in [0.15, 0.2) is 0 Å². The zero-order valence-corrected chi connectivity index (χ0v) is 10.8. The van der Waals surface area contributed by atoms with Crippen molar-refractivity contribution < 1.29 is 19.4 Å². The van der Waals surface area contributed by atoms with Gasteiger partial charge >= 0.3 is 5.97 Å². The Bertz CT molecular complexity index is 461. The standard InChI is InChI=1S/C12H14ClNO4/c1-7-3-4-10(15)8(5-7)11(16)14-6-9(13)12(17)18-2/h3-5,9,15H,6H2,1-2H3,(H,14,16). The summed E-state index contributed by atoms with van der Waals surface area (Å²) in [5, 5.41) is 11.0. The van der Waals surface area contributed by atoms with Gasteiger partial charge in [0.1, 0.15) is 11.1 Å². The highest BCUT2D eigenvalue weighted by molar-refractivity contribution is 6.30. The molecule has 5 nitrogen and oxygen atoms in total. The topological polar surface area (TPSA) is 75.6 Å². The molecule has 1 aromatic carbocycles. The number of aryl methyl sites for hydroxylation is 1. The van der Waals surface area contributed by atoms with Crippen LogP contribution in [0.25, 0.3) is 0 Å². The van der Waals surface area contributed by atoms with Crippen molar-refractivity contribution >= 4 is 23.5 Å². The molecule has 1 atom stereocenters. The molecule has 2 N–H and O–H groups in total. The van der Waals surface area contributed by atoms with Crippen molar-refractivity contribution in [1.82, 2.24) is 5.32 Å². The largest absolute Gasteiger partial charge is 0.507 e. The predicted octanol–water partition coefficient (Wildman–Crippen LogP) is 1.21. The Morgan fingerprint density at radius 1 is 1.50 bits per heavy atom. The molecule has 1 aromatic rings. The molecule has 0 aliphatic heterocycles. The van der Waals surface area contributed by atoms with E-state index in [0.29, 0.717) is 0 Å². The van der Waals surface area contributed by atoms with E-state index in [-0.39, 0.29) is 17.9 Å². The second kappa shape index (κ2) is 6.26. The van der Waals surface area contributed by atoms with Crippen LogP contribution in [0.5, 0.6) is 5.75 Å². The number of carbonyl (C=O) groups excluding carboxylic acids is 2. The van der Waals surface area contributed by atoms with E-state index in [1.54, 1.807) is 19.1 Å². The number of rotatable bonds is 4. The van der Waals surface area contributed by atoms with Crippen LogP contribution in [0, 0.1) is 6.92 Å². The lowest BCUT2D eigenvalue weighted by atomic mass is 10.1. The second-order valence-electron chi connectivity index (χ2n) is 3.72. The van der Waals surface area contributed by atoms with Gasteiger partial charge in [0.2, 0.25) is 0 Å². The van der Waals surface area contributed by atoms with E-state index in [0.717, 1.165) is 5.56 Å². The van der Waals surface area contributed by atoms with Crippen LogP contribution in [0.15, 0.2) is 18.2 Å². The number of amides is 1. The van der Waals surface area contributed by atoms with Crippen LogP contribution in [0.2, 0.25) is 0 Å². The molecular formula is C12H14ClNO4. The van der Waals surface area contributed by atoms with Crippen LogP contribution in [0.1, 0.15) is 15.9 Å². The first-order valence-corrected chi connectivity index (χ1v) is 5.69. The maximum atomic E-state index is 11.8. The van der Waals surface area contributed by atoms with Crippen molar-refractivity contribution in [3.05, 3.63) is 29.3 Å². The minimum absolute atomic E-state index is 0.0690. The number of phenolic OH excluding ortho intramolecular Hbond substituents is 1. The van der Waals surface area contributed by atoms with Gasteiger partial charge < -0.3 is 15.2 Å². The Balaban J connectivity index is 2.66. The SMILES string of the molecule is COC(=O)C(Cl)CNC(=O)c1cc(C)ccc1O. The maximum absolute atomic E-state index is 11.8. The molecule has 6 heteroatoms. The fourth-order valence-corrected chi connectivity index (χ4v) is 1.49. The third kappa shape index (κ3) is 3.63. The molecule has 0 saturated carbocycles. The fourth-order valence-electron chi connectivity index (χ4n) is 1.32. The summed E-state index contributed by atoms with van der Waals surface area (Å²) in [6.07, 6.45) is 0. The normalized spacial score (nSPS) is 11.7. The van der Waals surface area contributed by atoms with Crippen molar-refractivity contribution in [2.45, 2.75) is 12.3 Å². The molecule has 0 aliphatic carbocycles. The molecule has 1 amide bonds. The molecule has 0 spiro atoms. The average Bonchev–Trinajstić information content (AvgIpc) is 2.37. The van der Waals surface area contributed by atoms with Crippen molar-refractivity contribution in [2.75, 3.05) is 13.7 Å². The third-order valence-electron chi connectivity index (χ3n) is 2.30. The number of methoxy groups -OCH3 is 1. The summed E-state index contributed by atoms with van der Waals surface area (Å²) in [5.41, 5.74) is 0.983. The van der Waals surface area contributed by atoms with E-state index in [9.17, 15) is 14.7 Å². The van der Waals surface area contributed by atoms with Crippen molar-refractivity contribution in [1.29, 1.82) is 0 Å². The first-order valence-electron chi connectivity index (χ1n) is 5.25. The monoisotopic (exact) mass is 271 g/mol. The van der Waals surface area contributed by atoms with E-state index in [2.05, 4.69) is 10.1 Å². The van der Waals surface area contributed by atoms with Gasteiger partial charge in [-0.1, -0.05) is 11.6 Å². The lowest BCUT2D eigenvalue weighted by molar-refractivity contribution is -0.140. The number of benzene rings is 1. The molecule has 18 heavy (non-hydrogen) atoms. The summed E-state index contributed by atoms with van der Waals surface area (Å²) in [6.45, 7) is 1.73. The highest BCUT2D eigenvalue weighted by Crippen LogP contribution is 2.17. The molecule has 0 aliphatic rings. The Morgan fingerprint density at radius 3 is 2.78 bits per heavy atom. The van der Waals surface area contributed by atoms with Gasteiger partial charge in [-0.05, 0) is 19.1 Å². The van der Waals surface area contributed by atoms with Crippen LogP contribution in [0.4, 0.5) is 0 Å². The summed E-state index contributed by atoms with van der Waals surface area (Å²) in [7, 11) is 1.21. The van der Waals surface area contributed by atoms with Crippen LogP contribution in [-0.4, -0.2) is 36.0 Å². The third-order valence-corrected chi connectivity index (χ3v) is 2.63. The summed E-state index contributed by atoms with van der Waals surface area (Å²) in [5.74, 6) is -1.24. The highest BCUT2D eigenvalue weighted by Gasteiger charge is 2.18. The Labute approximate surface area is 110 Å². The van der Waals surface area contributed by atoms with Gasteiger partial charge in [-0.25, -0.2) is 0 Å². The molecule has 0 heterocycles. The van der Waals surface area contributed by atoms with Crippen LogP contribution >= 0.6 is 11.6 Å². The van der Waals surface area contributed by atoms with Crippen LogP contribution in [-0.2, 0) is 9.53 Å². The zero-order valence-electron chi connectivity index (χ0n) is 10.1. The second-order valence-corrected chi connectivity index (χ2v) is 4.25. The molecule has 98 valence electrons. The Kier molecular flexibility index (Phi) is 4.97. The quantitative estimate of drug-likeness (QED) is 0.638. The molecule has 1 unspecified atom stereocenters. The maximum Gasteiger partial charge on any atom is 0.325 e. The van der Waals surface area contributed by atoms with Gasteiger partial charge in [-0.3, -0.25) is 9.59 Å². The van der Waals surface area contributed by atoms with Gasteiger partial charge in [0, 0.05) is 6.54 Å². The number of esters is 1.